The molecule has 0 amide bonds. The van der Waals surface area contributed by atoms with E-state index in [9.17, 15) is 0 Å². The third-order valence-electron chi connectivity index (χ3n) is 4.10. The van der Waals surface area contributed by atoms with Gasteiger partial charge in [0.25, 0.3) is 0 Å². The van der Waals surface area contributed by atoms with Crippen molar-refractivity contribution in [2.45, 2.75) is 52.7 Å². The van der Waals surface area contributed by atoms with Crippen molar-refractivity contribution in [2.24, 2.45) is 0 Å². The molecule has 2 heteroatoms. The van der Waals surface area contributed by atoms with Crippen LogP contribution in [-0.4, -0.2) is 11.2 Å². The van der Waals surface area contributed by atoms with Gasteiger partial charge in [0.2, 0.25) is 0 Å². The second-order valence-electron chi connectivity index (χ2n) is 9.00. The van der Waals surface area contributed by atoms with Crippen LogP contribution in [0.25, 0.3) is 22.3 Å². The molecule has 0 spiro atoms. The van der Waals surface area contributed by atoms with Crippen LogP contribution in [-0.2, 0) is 0 Å². The van der Waals surface area contributed by atoms with E-state index in [0.29, 0.717) is 0 Å². The third kappa shape index (κ3) is 5.16. The van der Waals surface area contributed by atoms with Crippen molar-refractivity contribution in [3.8, 4) is 33.8 Å². The highest BCUT2D eigenvalue weighted by Gasteiger charge is 2.21. The first-order valence-electron chi connectivity index (χ1n) is 9.79. The van der Waals surface area contributed by atoms with Gasteiger partial charge in [-0.3, -0.25) is 0 Å². The van der Waals surface area contributed by atoms with Crippen molar-refractivity contribution >= 4 is 0 Å². The second kappa shape index (κ2) is 7.71. The summed E-state index contributed by atoms with van der Waals surface area (Å²) in [6, 6.07) is 25.2. The molecule has 0 fully saturated rings. The predicted octanol–water partition coefficient (Wildman–Crippen LogP) is 7.38. The quantitative estimate of drug-likeness (QED) is 0.474. The Balaban J connectivity index is 2.10. The van der Waals surface area contributed by atoms with Crippen LogP contribution < -0.4 is 9.47 Å². The Hall–Kier alpha value is -2.74. The highest BCUT2D eigenvalue weighted by Crippen LogP contribution is 2.39. The van der Waals surface area contributed by atoms with Gasteiger partial charge in [-0.05, 0) is 75.9 Å². The van der Waals surface area contributed by atoms with E-state index in [1.807, 2.05) is 32.9 Å². The van der Waals surface area contributed by atoms with Crippen LogP contribution >= 0.6 is 0 Å². The number of ether oxygens (including phenoxy) is 2. The lowest BCUT2D eigenvalue weighted by Gasteiger charge is -2.27. The molecule has 2 nitrogen and oxygen atoms in total. The summed E-state index contributed by atoms with van der Waals surface area (Å²) in [6.07, 6.45) is 0. The summed E-state index contributed by atoms with van der Waals surface area (Å²) in [5.74, 6) is 1.53. The van der Waals surface area contributed by atoms with E-state index < -0.39 is 0 Å². The molecule has 0 aliphatic carbocycles. The number of hydrogen-bond donors (Lipinski definition) is 0. The number of rotatable bonds is 4. The van der Waals surface area contributed by atoms with Gasteiger partial charge < -0.3 is 9.47 Å². The maximum Gasteiger partial charge on any atom is 0.162 e. The molecule has 3 rings (SSSR count). The molecule has 0 aliphatic heterocycles. The smallest absolute Gasteiger partial charge is 0.162 e. The van der Waals surface area contributed by atoms with E-state index in [1.165, 1.54) is 16.7 Å². The molecule has 0 heterocycles. The molecule has 0 unspecified atom stereocenters. The lowest BCUT2D eigenvalue weighted by atomic mass is 9.94. The van der Waals surface area contributed by atoms with Crippen LogP contribution in [0.2, 0.25) is 0 Å². The van der Waals surface area contributed by atoms with Gasteiger partial charge in [0.1, 0.15) is 11.2 Å². The first-order chi connectivity index (χ1) is 13.1. The van der Waals surface area contributed by atoms with E-state index in [-0.39, 0.29) is 11.2 Å². The van der Waals surface area contributed by atoms with Gasteiger partial charge in [0.05, 0.1) is 0 Å². The Morgan fingerprint density at radius 1 is 0.500 bits per heavy atom. The van der Waals surface area contributed by atoms with E-state index in [1.54, 1.807) is 0 Å². The van der Waals surface area contributed by atoms with Crippen molar-refractivity contribution in [1.82, 2.24) is 0 Å². The Morgan fingerprint density at radius 3 is 1.57 bits per heavy atom. The molecule has 0 bridgehead atoms. The zero-order valence-corrected chi connectivity index (χ0v) is 17.7. The first kappa shape index (κ1) is 20.0. The van der Waals surface area contributed by atoms with Gasteiger partial charge in [0, 0.05) is 0 Å². The van der Waals surface area contributed by atoms with Crippen LogP contribution in [0, 0.1) is 0 Å². The lowest BCUT2D eigenvalue weighted by Crippen LogP contribution is -2.26. The standard InChI is InChI=1S/C26H30O2/c1-25(2,3)27-23-17-16-20(18-24(23)28-26(4,5)6)22-15-11-10-14-21(22)19-12-8-7-9-13-19/h7-18H,1-6H3. The molecular formula is C26H30O2. The van der Waals surface area contributed by atoms with Gasteiger partial charge in [-0.2, -0.15) is 0 Å². The van der Waals surface area contributed by atoms with Crippen molar-refractivity contribution in [3.05, 3.63) is 72.8 Å². The molecule has 0 aromatic heterocycles. The summed E-state index contributed by atoms with van der Waals surface area (Å²) in [5.41, 5.74) is 4.09. The summed E-state index contributed by atoms with van der Waals surface area (Å²) < 4.78 is 12.4. The van der Waals surface area contributed by atoms with E-state index >= 15 is 0 Å². The molecule has 0 radical (unpaired) electrons. The summed E-state index contributed by atoms with van der Waals surface area (Å²) in [4.78, 5) is 0. The maximum atomic E-state index is 6.26. The van der Waals surface area contributed by atoms with Crippen molar-refractivity contribution in [3.63, 3.8) is 0 Å². The molecule has 0 saturated carbocycles. The largest absolute Gasteiger partial charge is 0.484 e. The maximum absolute atomic E-state index is 6.26. The monoisotopic (exact) mass is 374 g/mol. The SMILES string of the molecule is CC(C)(C)Oc1ccc(-c2ccccc2-c2ccccc2)cc1OC(C)(C)C. The fraction of sp³-hybridized carbons (Fsp3) is 0.308. The Bertz CT molecular complexity index is 929. The average molecular weight is 375 g/mol. The molecular weight excluding hydrogens is 344 g/mol. The van der Waals surface area contributed by atoms with E-state index in [0.717, 1.165) is 17.1 Å². The normalized spacial score (nSPS) is 11.9. The van der Waals surface area contributed by atoms with Crippen molar-refractivity contribution in [2.75, 3.05) is 0 Å². The predicted molar refractivity (Wildman–Crippen MR) is 118 cm³/mol. The van der Waals surface area contributed by atoms with Gasteiger partial charge in [-0.15, -0.1) is 0 Å². The Kier molecular flexibility index (Phi) is 5.51. The molecule has 3 aromatic carbocycles. The number of benzene rings is 3. The van der Waals surface area contributed by atoms with Crippen LogP contribution in [0.4, 0.5) is 0 Å². The Morgan fingerprint density at radius 2 is 1.00 bits per heavy atom. The molecule has 3 aromatic rings. The molecule has 0 aliphatic rings. The van der Waals surface area contributed by atoms with Crippen LogP contribution in [0.3, 0.4) is 0 Å². The van der Waals surface area contributed by atoms with Crippen molar-refractivity contribution < 1.29 is 9.47 Å². The summed E-state index contributed by atoms with van der Waals surface area (Å²) in [6.45, 7) is 12.3. The van der Waals surface area contributed by atoms with Gasteiger partial charge in [0.15, 0.2) is 11.5 Å². The first-order valence-corrected chi connectivity index (χ1v) is 9.79. The summed E-state index contributed by atoms with van der Waals surface area (Å²) >= 11 is 0. The molecule has 0 atom stereocenters. The zero-order valence-electron chi connectivity index (χ0n) is 17.7. The van der Waals surface area contributed by atoms with E-state index in [4.69, 9.17) is 9.47 Å². The molecule has 0 N–H and O–H groups in total. The van der Waals surface area contributed by atoms with E-state index in [2.05, 4.69) is 81.4 Å². The minimum Gasteiger partial charge on any atom is -0.484 e. The highest BCUT2D eigenvalue weighted by molar-refractivity contribution is 5.84. The summed E-state index contributed by atoms with van der Waals surface area (Å²) in [5, 5.41) is 0. The van der Waals surface area contributed by atoms with Crippen LogP contribution in [0.5, 0.6) is 11.5 Å². The van der Waals surface area contributed by atoms with Gasteiger partial charge in [-0.1, -0.05) is 60.7 Å². The Labute approximate surface area is 169 Å². The van der Waals surface area contributed by atoms with Gasteiger partial charge >= 0.3 is 0 Å². The fourth-order valence-electron chi connectivity index (χ4n) is 3.10. The van der Waals surface area contributed by atoms with Gasteiger partial charge in [-0.25, -0.2) is 0 Å². The molecule has 146 valence electrons. The second-order valence-corrected chi connectivity index (χ2v) is 9.00. The lowest BCUT2D eigenvalue weighted by molar-refractivity contribution is 0.0958. The minimum absolute atomic E-state index is 0.292. The highest BCUT2D eigenvalue weighted by atomic mass is 16.5. The minimum atomic E-state index is -0.312. The average Bonchev–Trinajstić information content (AvgIpc) is 2.62. The number of hydrogen-bond acceptors (Lipinski definition) is 2. The molecule has 28 heavy (non-hydrogen) atoms. The van der Waals surface area contributed by atoms with Crippen LogP contribution in [0.1, 0.15) is 41.5 Å². The topological polar surface area (TPSA) is 18.5 Å². The van der Waals surface area contributed by atoms with Crippen LogP contribution in [0.15, 0.2) is 72.8 Å². The zero-order chi connectivity index (χ0) is 20.4. The molecule has 0 saturated heterocycles. The third-order valence-corrected chi connectivity index (χ3v) is 4.10. The fourth-order valence-corrected chi connectivity index (χ4v) is 3.10. The van der Waals surface area contributed by atoms with Crippen molar-refractivity contribution in [1.29, 1.82) is 0 Å². The summed E-state index contributed by atoms with van der Waals surface area (Å²) in [7, 11) is 0.